The van der Waals surface area contributed by atoms with E-state index in [0.29, 0.717) is 30.3 Å². The number of carbonyl (C=O) groups excluding carboxylic acids is 1. The van der Waals surface area contributed by atoms with E-state index in [0.717, 1.165) is 32.6 Å². The van der Waals surface area contributed by atoms with Gasteiger partial charge in [-0.1, -0.05) is 34.1 Å². The summed E-state index contributed by atoms with van der Waals surface area (Å²) in [6.07, 6.45) is 3.23. The predicted octanol–water partition coefficient (Wildman–Crippen LogP) is 6.69. The van der Waals surface area contributed by atoms with Crippen LogP contribution < -0.4 is 14.8 Å². The molecule has 0 atom stereocenters. The number of hydrogen-bond donors (Lipinski definition) is 1. The maximum absolute atomic E-state index is 13.2. The lowest BCUT2D eigenvalue weighted by Crippen LogP contribution is -2.10. The van der Waals surface area contributed by atoms with Crippen LogP contribution >= 0.6 is 15.9 Å². The van der Waals surface area contributed by atoms with Crippen molar-refractivity contribution in [3.8, 4) is 11.5 Å². The SMILES string of the molecule is COc1ccc(/C=C\C(=O)Nc2c(C)nn(Cc3ccc(F)cc3)c2C)cc1COc1ccc(Br)cc1. The van der Waals surface area contributed by atoms with Crippen LogP contribution in [0.3, 0.4) is 0 Å². The van der Waals surface area contributed by atoms with E-state index >= 15 is 0 Å². The number of carbonyl (C=O) groups is 1. The highest BCUT2D eigenvalue weighted by Gasteiger charge is 2.14. The maximum atomic E-state index is 13.2. The number of nitrogens with zero attached hydrogens (tertiary/aromatic N) is 2. The normalized spacial score (nSPS) is 11.1. The molecule has 0 aliphatic heterocycles. The number of rotatable bonds is 9. The van der Waals surface area contributed by atoms with Crippen LogP contribution in [0.1, 0.15) is 28.1 Å². The molecule has 1 aromatic heterocycles. The molecule has 0 spiro atoms. The summed E-state index contributed by atoms with van der Waals surface area (Å²) in [6.45, 7) is 4.54. The number of ether oxygens (including phenoxy) is 2. The van der Waals surface area contributed by atoms with Gasteiger partial charge in [0, 0.05) is 16.1 Å². The molecule has 0 aliphatic rings. The number of amides is 1. The molecule has 3 aromatic carbocycles. The van der Waals surface area contributed by atoms with E-state index in [4.69, 9.17) is 9.47 Å². The first kappa shape index (κ1) is 26.2. The molecule has 0 radical (unpaired) electrons. The van der Waals surface area contributed by atoms with Crippen molar-refractivity contribution in [1.82, 2.24) is 9.78 Å². The third-order valence-electron chi connectivity index (χ3n) is 5.81. The summed E-state index contributed by atoms with van der Waals surface area (Å²) in [7, 11) is 1.61. The lowest BCUT2D eigenvalue weighted by atomic mass is 10.1. The van der Waals surface area contributed by atoms with Gasteiger partial charge in [0.2, 0.25) is 5.91 Å². The number of benzene rings is 3. The Kier molecular flexibility index (Phi) is 8.40. The molecule has 6 nitrogen and oxygen atoms in total. The Bertz CT molecular complexity index is 1410. The van der Waals surface area contributed by atoms with Gasteiger partial charge in [0.25, 0.3) is 0 Å². The van der Waals surface area contributed by atoms with Gasteiger partial charge in [0.15, 0.2) is 0 Å². The molecule has 4 aromatic rings. The fourth-order valence-corrected chi connectivity index (χ4v) is 4.10. The summed E-state index contributed by atoms with van der Waals surface area (Å²) in [5, 5.41) is 7.46. The zero-order valence-corrected chi connectivity index (χ0v) is 22.4. The smallest absolute Gasteiger partial charge is 0.248 e. The molecule has 0 saturated carbocycles. The number of halogens is 2. The minimum atomic E-state index is -0.280. The van der Waals surface area contributed by atoms with Crippen molar-refractivity contribution in [3.63, 3.8) is 0 Å². The van der Waals surface area contributed by atoms with Gasteiger partial charge in [0.05, 0.1) is 30.7 Å². The van der Waals surface area contributed by atoms with Gasteiger partial charge in [-0.2, -0.15) is 5.10 Å². The highest BCUT2D eigenvalue weighted by molar-refractivity contribution is 9.10. The zero-order valence-electron chi connectivity index (χ0n) is 20.8. The molecule has 37 heavy (non-hydrogen) atoms. The molecule has 8 heteroatoms. The van der Waals surface area contributed by atoms with E-state index in [9.17, 15) is 9.18 Å². The Labute approximate surface area is 223 Å². The largest absolute Gasteiger partial charge is 0.496 e. The second-order valence-corrected chi connectivity index (χ2v) is 9.38. The molecule has 1 amide bonds. The Hall–Kier alpha value is -3.91. The molecular weight excluding hydrogens is 537 g/mol. The van der Waals surface area contributed by atoms with Crippen LogP contribution in [0.4, 0.5) is 10.1 Å². The second-order valence-electron chi connectivity index (χ2n) is 8.47. The summed E-state index contributed by atoms with van der Waals surface area (Å²) in [5.74, 6) is 0.906. The third kappa shape index (κ3) is 6.86. The van der Waals surface area contributed by atoms with Gasteiger partial charge >= 0.3 is 0 Å². The Balaban J connectivity index is 1.42. The summed E-state index contributed by atoms with van der Waals surface area (Å²) >= 11 is 3.42. The van der Waals surface area contributed by atoms with Gasteiger partial charge in [-0.3, -0.25) is 9.48 Å². The zero-order chi connectivity index (χ0) is 26.4. The van der Waals surface area contributed by atoms with E-state index in [2.05, 4.69) is 26.3 Å². The van der Waals surface area contributed by atoms with Crippen molar-refractivity contribution in [1.29, 1.82) is 0 Å². The fourth-order valence-electron chi connectivity index (χ4n) is 3.84. The highest BCUT2D eigenvalue weighted by Crippen LogP contribution is 2.24. The first-order chi connectivity index (χ1) is 17.8. The Morgan fingerprint density at radius 2 is 1.81 bits per heavy atom. The number of hydrogen-bond acceptors (Lipinski definition) is 4. The second kappa shape index (κ2) is 11.9. The van der Waals surface area contributed by atoms with Crippen molar-refractivity contribution in [3.05, 3.63) is 111 Å². The fraction of sp³-hybridized carbons (Fsp3) is 0.172. The van der Waals surface area contributed by atoms with Crippen molar-refractivity contribution >= 4 is 33.6 Å². The van der Waals surface area contributed by atoms with Crippen molar-refractivity contribution in [2.45, 2.75) is 27.0 Å². The molecule has 0 fully saturated rings. The van der Waals surface area contributed by atoms with Gasteiger partial charge < -0.3 is 14.8 Å². The van der Waals surface area contributed by atoms with E-state index in [1.807, 2.05) is 56.3 Å². The number of nitrogens with one attached hydrogen (secondary N) is 1. The molecule has 190 valence electrons. The minimum absolute atomic E-state index is 0.268. The first-order valence-corrected chi connectivity index (χ1v) is 12.4. The Morgan fingerprint density at radius 1 is 1.08 bits per heavy atom. The molecule has 1 N–H and O–H groups in total. The molecule has 1 heterocycles. The maximum Gasteiger partial charge on any atom is 0.248 e. The topological polar surface area (TPSA) is 65.4 Å². The van der Waals surface area contributed by atoms with Crippen LogP contribution in [0.2, 0.25) is 0 Å². The number of anilines is 1. The molecular formula is C29H27BrFN3O3. The van der Waals surface area contributed by atoms with E-state index in [1.54, 1.807) is 30.0 Å². The summed E-state index contributed by atoms with van der Waals surface area (Å²) in [5.41, 5.74) is 4.81. The minimum Gasteiger partial charge on any atom is -0.496 e. The number of aryl methyl sites for hydroxylation is 1. The predicted molar refractivity (Wildman–Crippen MR) is 146 cm³/mol. The quantitative estimate of drug-likeness (QED) is 0.230. The van der Waals surface area contributed by atoms with Crippen LogP contribution in [0.15, 0.2) is 77.3 Å². The average Bonchev–Trinajstić information content (AvgIpc) is 3.15. The van der Waals surface area contributed by atoms with Crippen LogP contribution in [0.5, 0.6) is 11.5 Å². The first-order valence-electron chi connectivity index (χ1n) is 11.6. The van der Waals surface area contributed by atoms with Crippen molar-refractivity contribution in [2.75, 3.05) is 12.4 Å². The average molecular weight is 564 g/mol. The highest BCUT2D eigenvalue weighted by atomic mass is 79.9. The standard InChI is InChI=1S/C29H27BrFN3O3/c1-19-29(20(2)34(33-19)17-22-4-10-25(31)11-5-22)32-28(35)15-7-21-6-14-27(36-3)23(16-21)18-37-26-12-8-24(30)9-13-26/h4-16H,17-18H2,1-3H3,(H,32,35)/b15-7-. The monoisotopic (exact) mass is 563 g/mol. The van der Waals surface area contributed by atoms with Gasteiger partial charge in [-0.25, -0.2) is 4.39 Å². The van der Waals surface area contributed by atoms with Crippen LogP contribution in [0, 0.1) is 19.7 Å². The lowest BCUT2D eigenvalue weighted by molar-refractivity contribution is -0.111. The molecule has 0 bridgehead atoms. The molecule has 0 unspecified atom stereocenters. The van der Waals surface area contributed by atoms with Crippen LogP contribution in [0.25, 0.3) is 6.08 Å². The summed E-state index contributed by atoms with van der Waals surface area (Å²) in [4.78, 5) is 12.7. The third-order valence-corrected chi connectivity index (χ3v) is 6.34. The van der Waals surface area contributed by atoms with Gasteiger partial charge in [0.1, 0.15) is 23.9 Å². The van der Waals surface area contributed by atoms with E-state index < -0.39 is 0 Å². The van der Waals surface area contributed by atoms with Gasteiger partial charge in [-0.15, -0.1) is 0 Å². The molecule has 0 saturated heterocycles. The lowest BCUT2D eigenvalue weighted by Gasteiger charge is -2.11. The van der Waals surface area contributed by atoms with Gasteiger partial charge in [-0.05, 0) is 79.6 Å². The molecule has 4 rings (SSSR count). The van der Waals surface area contributed by atoms with Crippen molar-refractivity contribution < 1.29 is 18.7 Å². The number of methoxy groups -OCH3 is 1. The summed E-state index contributed by atoms with van der Waals surface area (Å²) in [6, 6.07) is 19.6. The van der Waals surface area contributed by atoms with E-state index in [1.165, 1.54) is 18.2 Å². The van der Waals surface area contributed by atoms with Crippen LogP contribution in [-0.4, -0.2) is 22.8 Å². The van der Waals surface area contributed by atoms with Crippen molar-refractivity contribution in [2.24, 2.45) is 0 Å². The summed E-state index contributed by atoms with van der Waals surface area (Å²) < 4.78 is 27.3. The Morgan fingerprint density at radius 3 is 2.51 bits per heavy atom. The number of aromatic nitrogens is 2. The van der Waals surface area contributed by atoms with Crippen LogP contribution in [-0.2, 0) is 17.9 Å². The molecule has 0 aliphatic carbocycles. The van der Waals surface area contributed by atoms with E-state index in [-0.39, 0.29) is 11.7 Å².